The minimum Gasteiger partial charge on any atom is -0.381 e. The number of anilines is 6. The summed E-state index contributed by atoms with van der Waals surface area (Å²) in [5, 5.41) is 20.6. The summed E-state index contributed by atoms with van der Waals surface area (Å²) in [6.45, 7) is 5.32. The lowest BCUT2D eigenvalue weighted by Crippen LogP contribution is -2.52. The summed E-state index contributed by atoms with van der Waals surface area (Å²) in [7, 11) is 1.57. The number of carbonyl (C=O) groups is 6. The van der Waals surface area contributed by atoms with Crippen molar-refractivity contribution in [3.05, 3.63) is 94.6 Å². The number of piperidine rings is 1. The molecular weight excluding hydrogens is 868 g/mol. The molecule has 3 aromatic carbocycles. The van der Waals surface area contributed by atoms with Crippen LogP contribution in [0.4, 0.5) is 39.3 Å². The van der Waals surface area contributed by atoms with Crippen LogP contribution in [0.2, 0.25) is 5.02 Å². The van der Waals surface area contributed by atoms with E-state index in [2.05, 4.69) is 52.1 Å². The van der Waals surface area contributed by atoms with Crippen molar-refractivity contribution in [2.75, 3.05) is 86.9 Å². The second kappa shape index (κ2) is 22.9. The number of halogens is 1. The van der Waals surface area contributed by atoms with Crippen molar-refractivity contribution in [1.82, 2.24) is 41.0 Å². The van der Waals surface area contributed by atoms with E-state index in [1.54, 1.807) is 43.4 Å². The molecule has 7 N–H and O–H groups in total. The summed E-state index contributed by atoms with van der Waals surface area (Å²) in [6.07, 6.45) is 5.23. The first-order valence-corrected chi connectivity index (χ1v) is 22.6. The van der Waals surface area contributed by atoms with Crippen molar-refractivity contribution in [2.45, 2.75) is 51.1 Å². The fourth-order valence-electron chi connectivity index (χ4n) is 7.91. The molecule has 1 aromatic heterocycles. The number of hydrogen-bond acceptors (Lipinski definition) is 13. The molecule has 3 aliphatic rings. The number of aromatic nitrogens is 2. The number of piperazine rings is 1. The van der Waals surface area contributed by atoms with E-state index in [-0.39, 0.29) is 55.6 Å². The molecule has 3 aliphatic heterocycles. The Balaban J connectivity index is 0.711. The molecule has 2 fully saturated rings. The SMILES string of the molecule is CNC(=O)c1ccccc1Nc1nc(Nc2ccc(N3CCN(C(=O)NCCCCOCCCCNCC(=O)Nc4cccc5c4CN(C4CCC(=O)NC4=O)C5=O)CC3)cc2)ncc1Cl. The molecule has 348 valence electrons. The van der Waals surface area contributed by atoms with Crippen LogP contribution in [0.3, 0.4) is 0 Å². The first-order chi connectivity index (χ1) is 32.1. The highest BCUT2D eigenvalue weighted by Crippen LogP contribution is 2.33. The zero-order valence-electron chi connectivity index (χ0n) is 36.8. The standard InChI is InChI=1S/C46H55ClN12O7/c1-48-42(62)33-9-2-3-11-36(33)54-41-35(47)27-51-45(56-41)52-30-13-15-31(16-14-30)57-21-23-58(24-22-57)46(65)50-20-5-7-26-66-25-6-4-19-49-28-40(61)53-37-12-8-10-32-34(37)29-59(44(32)64)38-17-18-39(60)55-43(38)63/h2-3,8-16,27,38,49H,4-7,17-26,28-29H2,1H3,(H,48,62)(H,50,65)(H,53,61)(H,55,60,63)(H2,51,52,54,56). The number of rotatable bonds is 20. The quantitative estimate of drug-likeness (QED) is 0.0483. The Morgan fingerprint density at radius 2 is 1.61 bits per heavy atom. The molecule has 0 spiro atoms. The van der Waals surface area contributed by atoms with Crippen molar-refractivity contribution in [3.8, 4) is 0 Å². The fourth-order valence-corrected chi connectivity index (χ4v) is 8.05. The van der Waals surface area contributed by atoms with Gasteiger partial charge in [0.25, 0.3) is 11.8 Å². The van der Waals surface area contributed by atoms with Gasteiger partial charge in [0, 0.05) is 94.1 Å². The van der Waals surface area contributed by atoms with E-state index in [0.717, 1.165) is 37.1 Å². The van der Waals surface area contributed by atoms with Crippen LogP contribution >= 0.6 is 11.6 Å². The van der Waals surface area contributed by atoms with Gasteiger partial charge in [-0.3, -0.25) is 29.3 Å². The molecule has 66 heavy (non-hydrogen) atoms. The number of para-hydroxylation sites is 1. The van der Waals surface area contributed by atoms with Gasteiger partial charge in [0.05, 0.1) is 24.0 Å². The number of benzene rings is 3. The summed E-state index contributed by atoms with van der Waals surface area (Å²) in [5.74, 6) is -0.890. The largest absolute Gasteiger partial charge is 0.381 e. The molecule has 4 heterocycles. The molecule has 7 amide bonds. The number of hydrogen-bond donors (Lipinski definition) is 7. The van der Waals surface area contributed by atoms with Crippen molar-refractivity contribution in [2.24, 2.45) is 0 Å². The predicted molar refractivity (Wildman–Crippen MR) is 250 cm³/mol. The van der Waals surface area contributed by atoms with Crippen LogP contribution in [-0.4, -0.2) is 127 Å². The van der Waals surface area contributed by atoms with Gasteiger partial charge >= 0.3 is 6.03 Å². The topological polar surface area (TPSA) is 231 Å². The second-order valence-corrected chi connectivity index (χ2v) is 16.4. The number of nitrogens with one attached hydrogen (secondary N) is 7. The highest BCUT2D eigenvalue weighted by molar-refractivity contribution is 6.33. The summed E-state index contributed by atoms with van der Waals surface area (Å²) < 4.78 is 5.77. The number of unbranched alkanes of at least 4 members (excludes halogenated alkanes) is 2. The third-order valence-corrected chi connectivity index (χ3v) is 11.8. The molecule has 1 atom stereocenters. The fraction of sp³-hybridized carbons (Fsp3) is 0.391. The molecule has 1 unspecified atom stereocenters. The van der Waals surface area contributed by atoms with Gasteiger partial charge in [0.2, 0.25) is 23.7 Å². The molecule has 2 saturated heterocycles. The zero-order chi connectivity index (χ0) is 46.4. The molecule has 0 aliphatic carbocycles. The average molecular weight is 923 g/mol. The molecule has 19 nitrogen and oxygen atoms in total. The van der Waals surface area contributed by atoms with Crippen LogP contribution < -0.4 is 42.1 Å². The van der Waals surface area contributed by atoms with E-state index < -0.39 is 11.9 Å². The summed E-state index contributed by atoms with van der Waals surface area (Å²) >= 11 is 6.39. The number of amides is 7. The van der Waals surface area contributed by atoms with Gasteiger partial charge in [-0.05, 0) is 87.2 Å². The van der Waals surface area contributed by atoms with Gasteiger partial charge in [-0.15, -0.1) is 0 Å². The van der Waals surface area contributed by atoms with Crippen LogP contribution in [0, 0.1) is 0 Å². The van der Waals surface area contributed by atoms with Gasteiger partial charge < -0.3 is 51.3 Å². The highest BCUT2D eigenvalue weighted by atomic mass is 35.5. The number of fused-ring (bicyclic) bond motifs is 1. The van der Waals surface area contributed by atoms with Crippen LogP contribution in [0.1, 0.15) is 64.8 Å². The lowest BCUT2D eigenvalue weighted by Gasteiger charge is -2.36. The predicted octanol–water partition coefficient (Wildman–Crippen LogP) is 4.37. The van der Waals surface area contributed by atoms with E-state index in [4.69, 9.17) is 16.3 Å². The Morgan fingerprint density at radius 1 is 0.864 bits per heavy atom. The molecule has 20 heteroatoms. The van der Waals surface area contributed by atoms with E-state index >= 15 is 0 Å². The van der Waals surface area contributed by atoms with E-state index in [9.17, 15) is 28.8 Å². The van der Waals surface area contributed by atoms with Crippen LogP contribution in [0.15, 0.2) is 72.9 Å². The summed E-state index contributed by atoms with van der Waals surface area (Å²) in [4.78, 5) is 89.3. The van der Waals surface area contributed by atoms with Crippen molar-refractivity contribution in [1.29, 1.82) is 0 Å². The zero-order valence-corrected chi connectivity index (χ0v) is 37.5. The molecule has 0 saturated carbocycles. The van der Waals surface area contributed by atoms with E-state index in [1.807, 2.05) is 35.2 Å². The molecule has 4 aromatic rings. The Kier molecular flexibility index (Phi) is 16.3. The van der Waals surface area contributed by atoms with Crippen LogP contribution in [-0.2, 0) is 25.7 Å². The Hall–Kier alpha value is -6.83. The lowest BCUT2D eigenvalue weighted by molar-refractivity contribution is -0.137. The third kappa shape index (κ3) is 12.3. The maximum atomic E-state index is 13.1. The number of nitrogens with zero attached hydrogens (tertiary/aromatic N) is 5. The van der Waals surface area contributed by atoms with Crippen molar-refractivity contribution in [3.63, 3.8) is 0 Å². The number of imide groups is 1. The minimum absolute atomic E-state index is 0.0653. The Bertz CT molecular complexity index is 2400. The summed E-state index contributed by atoms with van der Waals surface area (Å²) in [5.41, 5.74) is 4.48. The normalized spacial score (nSPS) is 15.8. The van der Waals surface area contributed by atoms with E-state index in [0.29, 0.717) is 97.3 Å². The summed E-state index contributed by atoms with van der Waals surface area (Å²) in [6, 6.07) is 19.3. The van der Waals surface area contributed by atoms with Gasteiger partial charge in [-0.1, -0.05) is 29.8 Å². The van der Waals surface area contributed by atoms with Gasteiger partial charge in [0.1, 0.15) is 11.1 Å². The Morgan fingerprint density at radius 3 is 2.36 bits per heavy atom. The van der Waals surface area contributed by atoms with Gasteiger partial charge in [0.15, 0.2) is 5.82 Å². The molecular formula is C46H55ClN12O7. The lowest BCUT2D eigenvalue weighted by atomic mass is 10.0. The van der Waals surface area contributed by atoms with Crippen LogP contribution in [0.25, 0.3) is 0 Å². The highest BCUT2D eigenvalue weighted by Gasteiger charge is 2.40. The maximum Gasteiger partial charge on any atom is 0.317 e. The number of urea groups is 1. The van der Waals surface area contributed by atoms with Crippen molar-refractivity contribution >= 4 is 81.7 Å². The van der Waals surface area contributed by atoms with Crippen molar-refractivity contribution < 1.29 is 33.5 Å². The molecule has 0 bridgehead atoms. The third-order valence-electron chi connectivity index (χ3n) is 11.5. The Labute approximate surface area is 387 Å². The van der Waals surface area contributed by atoms with Crippen LogP contribution in [0.5, 0.6) is 0 Å². The maximum absolute atomic E-state index is 13.1. The average Bonchev–Trinajstić information content (AvgIpc) is 3.66. The minimum atomic E-state index is -0.719. The second-order valence-electron chi connectivity index (χ2n) is 16.0. The van der Waals surface area contributed by atoms with Gasteiger partial charge in [-0.25, -0.2) is 9.78 Å². The first kappa shape index (κ1) is 47.1. The van der Waals surface area contributed by atoms with E-state index in [1.165, 1.54) is 11.1 Å². The monoisotopic (exact) mass is 922 g/mol. The number of ether oxygens (including phenoxy) is 1. The van der Waals surface area contributed by atoms with Gasteiger partial charge in [-0.2, -0.15) is 4.98 Å². The molecule has 0 radical (unpaired) electrons. The first-order valence-electron chi connectivity index (χ1n) is 22.2. The number of carbonyl (C=O) groups excluding carboxylic acids is 6. The molecule has 7 rings (SSSR count). The smallest absolute Gasteiger partial charge is 0.317 e.